The van der Waals surface area contributed by atoms with Gasteiger partial charge in [0.25, 0.3) is 0 Å². The van der Waals surface area contributed by atoms with E-state index in [0.717, 1.165) is 22.3 Å². The molecule has 2 aromatic heterocycles. The molecule has 0 atom stereocenters. The van der Waals surface area contributed by atoms with Gasteiger partial charge in [-0.1, -0.05) is 41.6 Å². The summed E-state index contributed by atoms with van der Waals surface area (Å²) in [4.78, 5) is 12.4. The molecule has 6 heteroatoms. The lowest BCUT2D eigenvalue weighted by molar-refractivity contribution is -0.115. The van der Waals surface area contributed by atoms with Crippen LogP contribution in [-0.2, 0) is 11.2 Å². The Bertz CT molecular complexity index is 1290. The minimum absolute atomic E-state index is 0.105. The van der Waals surface area contributed by atoms with Gasteiger partial charge in [-0.2, -0.15) is 0 Å². The molecule has 0 spiro atoms. The Morgan fingerprint density at radius 2 is 1.48 bits per heavy atom. The van der Waals surface area contributed by atoms with Crippen molar-refractivity contribution >= 4 is 33.9 Å². The number of amides is 1. The van der Waals surface area contributed by atoms with Gasteiger partial charge in [0.2, 0.25) is 11.7 Å². The summed E-state index contributed by atoms with van der Waals surface area (Å²) in [5.41, 5.74) is 3.97. The molecule has 0 aliphatic carbocycles. The minimum Gasteiger partial charge on any atom is -0.453 e. The van der Waals surface area contributed by atoms with Crippen molar-refractivity contribution in [2.45, 2.75) is 6.42 Å². The van der Waals surface area contributed by atoms with Gasteiger partial charge in [-0.05, 0) is 48.5 Å². The Morgan fingerprint density at radius 1 is 0.774 bits per heavy atom. The number of benzene rings is 3. The van der Waals surface area contributed by atoms with Crippen LogP contribution in [0, 0.1) is 0 Å². The topological polar surface area (TPSA) is 80.3 Å². The molecule has 0 saturated heterocycles. The van der Waals surface area contributed by atoms with Crippen molar-refractivity contribution in [1.29, 1.82) is 0 Å². The van der Waals surface area contributed by atoms with E-state index in [1.807, 2.05) is 84.9 Å². The molecule has 3 aromatic carbocycles. The molecule has 31 heavy (non-hydrogen) atoms. The monoisotopic (exact) mass is 409 g/mol. The summed E-state index contributed by atoms with van der Waals surface area (Å²) in [5.74, 6) is 0.908. The predicted molar refractivity (Wildman–Crippen MR) is 120 cm³/mol. The molecule has 0 saturated carbocycles. The third kappa shape index (κ3) is 4.33. The highest BCUT2D eigenvalue weighted by Gasteiger charge is 2.14. The lowest BCUT2D eigenvalue weighted by Crippen LogP contribution is -2.14. The van der Waals surface area contributed by atoms with E-state index in [9.17, 15) is 4.79 Å². The maximum absolute atomic E-state index is 12.4. The number of nitrogens with zero attached hydrogens (tertiary/aromatic N) is 1. The van der Waals surface area contributed by atoms with Gasteiger partial charge in [-0.25, -0.2) is 0 Å². The van der Waals surface area contributed by atoms with Gasteiger partial charge in [0.15, 0.2) is 5.76 Å². The minimum atomic E-state index is -0.173. The van der Waals surface area contributed by atoms with Gasteiger partial charge < -0.3 is 19.6 Å². The van der Waals surface area contributed by atoms with Crippen LogP contribution in [0.3, 0.4) is 0 Å². The van der Waals surface area contributed by atoms with Gasteiger partial charge in [0, 0.05) is 28.5 Å². The van der Waals surface area contributed by atoms with Crippen LogP contribution in [0.1, 0.15) is 5.69 Å². The van der Waals surface area contributed by atoms with Crippen molar-refractivity contribution in [3.63, 3.8) is 0 Å². The van der Waals surface area contributed by atoms with Crippen molar-refractivity contribution in [3.8, 4) is 11.5 Å². The highest BCUT2D eigenvalue weighted by Crippen LogP contribution is 2.28. The van der Waals surface area contributed by atoms with E-state index < -0.39 is 0 Å². The summed E-state index contributed by atoms with van der Waals surface area (Å²) >= 11 is 0. The van der Waals surface area contributed by atoms with E-state index >= 15 is 0 Å². The molecular weight excluding hydrogens is 390 g/mol. The number of hydrogen-bond donors (Lipinski definition) is 2. The molecule has 152 valence electrons. The van der Waals surface area contributed by atoms with E-state index in [4.69, 9.17) is 8.94 Å². The number of nitrogens with one attached hydrogen (secondary N) is 2. The Labute approximate surface area is 178 Å². The maximum Gasteiger partial charge on any atom is 0.230 e. The highest BCUT2D eigenvalue weighted by atomic mass is 16.5. The average Bonchev–Trinajstić information content (AvgIpc) is 3.42. The zero-order valence-corrected chi connectivity index (χ0v) is 16.5. The molecule has 0 aliphatic rings. The average molecular weight is 409 g/mol. The van der Waals surface area contributed by atoms with Gasteiger partial charge >= 0.3 is 0 Å². The highest BCUT2D eigenvalue weighted by molar-refractivity contribution is 5.92. The lowest BCUT2D eigenvalue weighted by Gasteiger charge is -2.08. The fraction of sp³-hybridized carbons (Fsp3) is 0.0400. The van der Waals surface area contributed by atoms with Crippen LogP contribution in [0.5, 0.6) is 0 Å². The van der Waals surface area contributed by atoms with Gasteiger partial charge in [0.05, 0.1) is 12.1 Å². The van der Waals surface area contributed by atoms with Gasteiger partial charge in [-0.3, -0.25) is 4.79 Å². The summed E-state index contributed by atoms with van der Waals surface area (Å²) in [5, 5.41) is 11.2. The van der Waals surface area contributed by atoms with Crippen molar-refractivity contribution in [2.24, 2.45) is 0 Å². The number of fused-ring (bicyclic) bond motifs is 1. The smallest absolute Gasteiger partial charge is 0.230 e. The molecule has 0 radical (unpaired) electrons. The van der Waals surface area contributed by atoms with Crippen LogP contribution >= 0.6 is 0 Å². The molecule has 0 fully saturated rings. The van der Waals surface area contributed by atoms with Crippen LogP contribution in [0.15, 0.2) is 99.9 Å². The van der Waals surface area contributed by atoms with E-state index in [1.54, 1.807) is 6.07 Å². The lowest BCUT2D eigenvalue weighted by atomic mass is 10.2. The number of furan rings is 1. The third-order valence-electron chi connectivity index (χ3n) is 4.80. The maximum atomic E-state index is 12.4. The van der Waals surface area contributed by atoms with Crippen LogP contribution in [0.25, 0.3) is 22.5 Å². The second kappa shape index (κ2) is 8.20. The summed E-state index contributed by atoms with van der Waals surface area (Å²) in [6.07, 6.45) is 0.105. The predicted octanol–water partition coefficient (Wildman–Crippen LogP) is 6.01. The molecule has 0 unspecified atom stereocenters. The second-order valence-corrected chi connectivity index (χ2v) is 7.12. The summed E-state index contributed by atoms with van der Waals surface area (Å²) < 4.78 is 11.2. The fourth-order valence-corrected chi connectivity index (χ4v) is 3.31. The van der Waals surface area contributed by atoms with Crippen LogP contribution < -0.4 is 10.6 Å². The molecule has 0 aliphatic heterocycles. The molecule has 2 N–H and O–H groups in total. The molecule has 5 aromatic rings. The number of carbonyl (C=O) groups excluding carboxylic acids is 1. The zero-order chi connectivity index (χ0) is 21.0. The number of rotatable bonds is 6. The number of hydrogen-bond acceptors (Lipinski definition) is 5. The van der Waals surface area contributed by atoms with E-state index in [1.165, 1.54) is 0 Å². The normalized spacial score (nSPS) is 10.8. The van der Waals surface area contributed by atoms with Crippen molar-refractivity contribution in [3.05, 3.63) is 96.7 Å². The first kappa shape index (κ1) is 18.7. The van der Waals surface area contributed by atoms with Crippen LogP contribution in [0.2, 0.25) is 0 Å². The number of aromatic nitrogens is 1. The van der Waals surface area contributed by atoms with E-state index in [-0.39, 0.29) is 12.3 Å². The molecule has 1 amide bonds. The first-order valence-electron chi connectivity index (χ1n) is 9.89. The largest absolute Gasteiger partial charge is 0.453 e. The first-order valence-corrected chi connectivity index (χ1v) is 9.89. The van der Waals surface area contributed by atoms with Crippen molar-refractivity contribution < 1.29 is 13.7 Å². The van der Waals surface area contributed by atoms with E-state index in [0.29, 0.717) is 22.9 Å². The molecule has 2 heterocycles. The zero-order valence-electron chi connectivity index (χ0n) is 16.5. The van der Waals surface area contributed by atoms with Crippen molar-refractivity contribution in [2.75, 3.05) is 10.6 Å². The quantitative estimate of drug-likeness (QED) is 0.359. The second-order valence-electron chi connectivity index (χ2n) is 7.12. The fourth-order valence-electron chi connectivity index (χ4n) is 3.31. The molecular formula is C25H19N3O3. The summed E-state index contributed by atoms with van der Waals surface area (Å²) in [6, 6.07) is 28.8. The van der Waals surface area contributed by atoms with Gasteiger partial charge in [-0.15, -0.1) is 0 Å². The molecule has 6 nitrogen and oxygen atoms in total. The van der Waals surface area contributed by atoms with Crippen LogP contribution in [-0.4, -0.2) is 11.1 Å². The number of anilines is 3. The Hall–Kier alpha value is -4.32. The summed E-state index contributed by atoms with van der Waals surface area (Å²) in [6.45, 7) is 0. The molecule has 5 rings (SSSR count). The standard InChI is InChI=1S/C25H19N3O3/c29-25(27-20-12-10-19(11-13-20)26-18-7-2-1-3-8-18)16-21-15-24(31-28-21)23-14-17-6-4-5-9-22(17)30-23/h1-15,26H,16H2,(H,27,29). The number of carbonyl (C=O) groups is 1. The van der Waals surface area contributed by atoms with Gasteiger partial charge in [0.1, 0.15) is 5.58 Å². The Kier molecular flexibility index (Phi) is 4.94. The SMILES string of the molecule is O=C(Cc1cc(-c2cc3ccccc3o2)on1)Nc1ccc(Nc2ccccc2)cc1. The Balaban J connectivity index is 1.21. The first-order chi connectivity index (χ1) is 15.2. The number of para-hydroxylation sites is 2. The Morgan fingerprint density at radius 3 is 2.29 bits per heavy atom. The van der Waals surface area contributed by atoms with Crippen molar-refractivity contribution in [1.82, 2.24) is 5.16 Å². The third-order valence-corrected chi connectivity index (χ3v) is 4.80. The van der Waals surface area contributed by atoms with Crippen LogP contribution in [0.4, 0.5) is 17.1 Å². The van der Waals surface area contributed by atoms with E-state index in [2.05, 4.69) is 15.8 Å². The summed E-state index contributed by atoms with van der Waals surface area (Å²) in [7, 11) is 0. The molecule has 0 bridgehead atoms.